The highest BCUT2D eigenvalue weighted by atomic mass is 35.5. The molecule has 2 aromatic rings. The van der Waals surface area contributed by atoms with Crippen LogP contribution in [0.4, 0.5) is 0 Å². The first-order chi connectivity index (χ1) is 10.2. The van der Waals surface area contributed by atoms with Gasteiger partial charge in [0.25, 0.3) is 0 Å². The highest BCUT2D eigenvalue weighted by molar-refractivity contribution is 6.30. The first-order valence-electron chi connectivity index (χ1n) is 7.04. The van der Waals surface area contributed by atoms with E-state index in [2.05, 4.69) is 0 Å². The van der Waals surface area contributed by atoms with Crippen LogP contribution < -0.4 is 9.47 Å². The summed E-state index contributed by atoms with van der Waals surface area (Å²) >= 11 is 5.88. The number of benzene rings is 2. The fraction of sp³-hybridized carbons (Fsp3) is 0.294. The number of hydrogen-bond donors (Lipinski definition) is 1. The lowest BCUT2D eigenvalue weighted by atomic mass is 10.1. The van der Waals surface area contributed by atoms with Crippen LogP contribution in [0.15, 0.2) is 48.5 Å². The minimum atomic E-state index is -0.682. The molecule has 0 radical (unpaired) electrons. The Labute approximate surface area is 129 Å². The van der Waals surface area contributed by atoms with Crippen LogP contribution >= 0.6 is 11.6 Å². The molecular weight excluding hydrogens is 288 g/mol. The van der Waals surface area contributed by atoms with Gasteiger partial charge in [0.1, 0.15) is 24.2 Å². The van der Waals surface area contributed by atoms with Gasteiger partial charge in [-0.2, -0.15) is 0 Å². The Morgan fingerprint density at radius 1 is 1.10 bits per heavy atom. The van der Waals surface area contributed by atoms with Crippen LogP contribution in [0, 0.1) is 0 Å². The van der Waals surface area contributed by atoms with E-state index in [4.69, 9.17) is 21.1 Å². The minimum Gasteiger partial charge on any atom is -0.490 e. The Morgan fingerprint density at radius 2 is 1.86 bits per heavy atom. The van der Waals surface area contributed by atoms with Crippen molar-refractivity contribution in [1.82, 2.24) is 0 Å². The summed E-state index contributed by atoms with van der Waals surface area (Å²) in [7, 11) is 0. The molecule has 1 unspecified atom stereocenters. The molecule has 1 fully saturated rings. The van der Waals surface area contributed by atoms with Crippen molar-refractivity contribution in [1.29, 1.82) is 0 Å². The quantitative estimate of drug-likeness (QED) is 0.877. The number of halogens is 1. The van der Waals surface area contributed by atoms with Gasteiger partial charge in [-0.25, -0.2) is 0 Å². The van der Waals surface area contributed by atoms with Crippen molar-refractivity contribution in [2.24, 2.45) is 0 Å². The molecule has 3 nitrogen and oxygen atoms in total. The Kier molecular flexibility index (Phi) is 4.32. The van der Waals surface area contributed by atoms with Gasteiger partial charge in [0.05, 0.1) is 6.10 Å². The smallest absolute Gasteiger partial charge is 0.120 e. The van der Waals surface area contributed by atoms with Gasteiger partial charge in [-0.05, 0) is 48.7 Å². The molecule has 4 heteroatoms. The molecule has 110 valence electrons. The van der Waals surface area contributed by atoms with Gasteiger partial charge in [-0.15, -0.1) is 0 Å². The molecule has 0 heterocycles. The van der Waals surface area contributed by atoms with Crippen LogP contribution in [0.2, 0.25) is 5.02 Å². The second-order valence-electron chi connectivity index (χ2n) is 5.17. The van der Waals surface area contributed by atoms with Crippen molar-refractivity contribution in [3.8, 4) is 11.5 Å². The molecule has 0 spiro atoms. The van der Waals surface area contributed by atoms with E-state index < -0.39 is 6.10 Å². The molecule has 2 aromatic carbocycles. The monoisotopic (exact) mass is 304 g/mol. The second-order valence-corrected chi connectivity index (χ2v) is 5.61. The Hall–Kier alpha value is -1.71. The van der Waals surface area contributed by atoms with Crippen molar-refractivity contribution in [2.75, 3.05) is 6.61 Å². The van der Waals surface area contributed by atoms with Gasteiger partial charge < -0.3 is 14.6 Å². The fourth-order valence-corrected chi connectivity index (χ4v) is 2.16. The molecule has 0 aromatic heterocycles. The van der Waals surface area contributed by atoms with Crippen LogP contribution in [0.3, 0.4) is 0 Å². The summed E-state index contributed by atoms with van der Waals surface area (Å²) in [5.74, 6) is 1.50. The SMILES string of the molecule is OC(COc1cccc(Cl)c1)c1ccc(OC2CC2)cc1. The minimum absolute atomic E-state index is 0.184. The van der Waals surface area contributed by atoms with E-state index in [1.165, 1.54) is 0 Å². The van der Waals surface area contributed by atoms with Crippen LogP contribution in [0.25, 0.3) is 0 Å². The largest absolute Gasteiger partial charge is 0.490 e. The molecular formula is C17H17ClO3. The van der Waals surface area contributed by atoms with Gasteiger partial charge >= 0.3 is 0 Å². The van der Waals surface area contributed by atoms with Crippen LogP contribution in [-0.4, -0.2) is 17.8 Å². The van der Waals surface area contributed by atoms with Crippen molar-refractivity contribution in [3.05, 3.63) is 59.1 Å². The summed E-state index contributed by atoms with van der Waals surface area (Å²) < 4.78 is 11.2. The zero-order valence-electron chi connectivity index (χ0n) is 11.5. The molecule has 1 saturated carbocycles. The molecule has 0 saturated heterocycles. The van der Waals surface area contributed by atoms with E-state index in [9.17, 15) is 5.11 Å². The lowest BCUT2D eigenvalue weighted by Crippen LogP contribution is -2.09. The van der Waals surface area contributed by atoms with Crippen molar-refractivity contribution in [3.63, 3.8) is 0 Å². The molecule has 0 aliphatic heterocycles. The average Bonchev–Trinajstić information content (AvgIpc) is 3.30. The van der Waals surface area contributed by atoms with E-state index in [-0.39, 0.29) is 6.61 Å². The standard InChI is InChI=1S/C17H17ClO3/c18-13-2-1-3-16(10-13)20-11-17(19)12-4-6-14(7-5-12)21-15-8-9-15/h1-7,10,15,17,19H,8-9,11H2. The van der Waals surface area contributed by atoms with Gasteiger partial charge in [-0.3, -0.25) is 0 Å². The zero-order chi connectivity index (χ0) is 14.7. The van der Waals surface area contributed by atoms with Crippen molar-refractivity contribution in [2.45, 2.75) is 25.0 Å². The van der Waals surface area contributed by atoms with Gasteiger partial charge in [0.2, 0.25) is 0 Å². The molecule has 1 aliphatic carbocycles. The maximum atomic E-state index is 10.1. The molecule has 3 rings (SSSR count). The maximum absolute atomic E-state index is 10.1. The summed E-state index contributed by atoms with van der Waals surface area (Å²) in [6.07, 6.45) is 1.97. The number of ether oxygens (including phenoxy) is 2. The maximum Gasteiger partial charge on any atom is 0.120 e. The summed E-state index contributed by atoms with van der Waals surface area (Å²) in [5, 5.41) is 10.8. The summed E-state index contributed by atoms with van der Waals surface area (Å²) in [6, 6.07) is 14.6. The topological polar surface area (TPSA) is 38.7 Å². The second kappa shape index (κ2) is 6.37. The third-order valence-corrected chi connectivity index (χ3v) is 3.53. The van der Waals surface area contributed by atoms with Crippen LogP contribution in [-0.2, 0) is 0 Å². The number of hydrogen-bond acceptors (Lipinski definition) is 3. The number of rotatable bonds is 6. The van der Waals surface area contributed by atoms with E-state index in [1.54, 1.807) is 12.1 Å². The van der Waals surface area contributed by atoms with Crippen LogP contribution in [0.1, 0.15) is 24.5 Å². The summed E-state index contributed by atoms with van der Waals surface area (Å²) in [5.41, 5.74) is 0.806. The highest BCUT2D eigenvalue weighted by Gasteiger charge is 2.23. The first kappa shape index (κ1) is 14.2. The van der Waals surface area contributed by atoms with Gasteiger partial charge in [0.15, 0.2) is 0 Å². The summed E-state index contributed by atoms with van der Waals surface area (Å²) in [4.78, 5) is 0. The zero-order valence-corrected chi connectivity index (χ0v) is 12.3. The van der Waals surface area contributed by atoms with Crippen molar-refractivity contribution < 1.29 is 14.6 Å². The predicted molar refractivity (Wildman–Crippen MR) is 82.0 cm³/mol. The Morgan fingerprint density at radius 3 is 2.52 bits per heavy atom. The molecule has 1 aliphatic rings. The molecule has 1 atom stereocenters. The van der Waals surface area contributed by atoms with E-state index in [1.807, 2.05) is 36.4 Å². The predicted octanol–water partition coefficient (Wildman–Crippen LogP) is 3.99. The highest BCUT2D eigenvalue weighted by Crippen LogP contribution is 2.27. The van der Waals surface area contributed by atoms with E-state index in [0.717, 1.165) is 24.2 Å². The summed E-state index contributed by atoms with van der Waals surface area (Å²) in [6.45, 7) is 0.184. The Balaban J connectivity index is 1.55. The normalized spacial score (nSPS) is 15.5. The third-order valence-electron chi connectivity index (χ3n) is 3.30. The Bertz CT molecular complexity index is 593. The number of aliphatic hydroxyl groups is 1. The number of aliphatic hydroxyl groups excluding tert-OH is 1. The lowest BCUT2D eigenvalue weighted by molar-refractivity contribution is 0.108. The third kappa shape index (κ3) is 4.13. The molecule has 0 bridgehead atoms. The van der Waals surface area contributed by atoms with E-state index in [0.29, 0.717) is 16.9 Å². The van der Waals surface area contributed by atoms with E-state index >= 15 is 0 Å². The lowest BCUT2D eigenvalue weighted by Gasteiger charge is -2.13. The van der Waals surface area contributed by atoms with Gasteiger partial charge in [-0.1, -0.05) is 29.8 Å². The molecule has 0 amide bonds. The molecule has 1 N–H and O–H groups in total. The average molecular weight is 305 g/mol. The fourth-order valence-electron chi connectivity index (χ4n) is 1.98. The molecule has 21 heavy (non-hydrogen) atoms. The first-order valence-corrected chi connectivity index (χ1v) is 7.41. The van der Waals surface area contributed by atoms with Crippen molar-refractivity contribution >= 4 is 11.6 Å². The van der Waals surface area contributed by atoms with Gasteiger partial charge in [0, 0.05) is 5.02 Å². The van der Waals surface area contributed by atoms with Crippen LogP contribution in [0.5, 0.6) is 11.5 Å².